The van der Waals surface area contributed by atoms with Crippen LogP contribution in [-0.2, 0) is 11.2 Å². The summed E-state index contributed by atoms with van der Waals surface area (Å²) in [5.41, 5.74) is 3.87. The summed E-state index contributed by atoms with van der Waals surface area (Å²) in [5.74, 6) is 0.956. The Morgan fingerprint density at radius 2 is 1.76 bits per heavy atom. The second kappa shape index (κ2) is 9.25. The second-order valence-corrected chi connectivity index (χ2v) is 8.68. The third kappa shape index (κ3) is 4.14. The molecule has 0 radical (unpaired) electrons. The number of halogens is 1. The predicted molar refractivity (Wildman–Crippen MR) is 132 cm³/mol. The predicted octanol–water partition coefficient (Wildman–Crippen LogP) is 4.35. The Hall–Kier alpha value is -3.74. The first-order valence-corrected chi connectivity index (χ1v) is 11.5. The molecule has 1 saturated heterocycles. The molecule has 0 spiro atoms. The number of piperazine rings is 1. The van der Waals surface area contributed by atoms with Crippen molar-refractivity contribution in [2.75, 3.05) is 49.0 Å². The van der Waals surface area contributed by atoms with Crippen LogP contribution in [0.25, 0.3) is 0 Å². The fourth-order valence-corrected chi connectivity index (χ4v) is 5.08. The molecule has 0 bridgehead atoms. The van der Waals surface area contributed by atoms with Crippen LogP contribution < -0.4 is 24.6 Å². The van der Waals surface area contributed by atoms with Crippen molar-refractivity contribution in [2.45, 2.75) is 12.5 Å². The van der Waals surface area contributed by atoms with Gasteiger partial charge in [-0.2, -0.15) is 0 Å². The van der Waals surface area contributed by atoms with E-state index in [9.17, 15) is 9.18 Å². The lowest BCUT2D eigenvalue weighted by atomic mass is 9.83. The van der Waals surface area contributed by atoms with Crippen molar-refractivity contribution in [3.8, 4) is 11.5 Å². The Labute approximate surface area is 198 Å². The van der Waals surface area contributed by atoms with E-state index >= 15 is 0 Å². The highest BCUT2D eigenvalue weighted by Crippen LogP contribution is 2.40. The highest BCUT2D eigenvalue weighted by Gasteiger charge is 2.42. The van der Waals surface area contributed by atoms with Gasteiger partial charge >= 0.3 is 0 Å². The maximum absolute atomic E-state index is 13.5. The van der Waals surface area contributed by atoms with Gasteiger partial charge in [0, 0.05) is 37.1 Å². The number of fused-ring (bicyclic) bond motifs is 3. The molecule has 6 nitrogen and oxygen atoms in total. The van der Waals surface area contributed by atoms with Crippen LogP contribution in [0.5, 0.6) is 11.5 Å². The average molecular weight is 462 g/mol. The van der Waals surface area contributed by atoms with Crippen molar-refractivity contribution in [1.82, 2.24) is 0 Å². The summed E-state index contributed by atoms with van der Waals surface area (Å²) in [6, 6.07) is 19.9. The minimum atomic E-state index is -0.329. The number of benzene rings is 3. The van der Waals surface area contributed by atoms with Crippen LogP contribution >= 0.6 is 0 Å². The molecule has 34 heavy (non-hydrogen) atoms. The lowest BCUT2D eigenvalue weighted by Gasteiger charge is -2.49. The molecule has 2 aliphatic rings. The van der Waals surface area contributed by atoms with Gasteiger partial charge in [0.2, 0.25) is 5.91 Å². The van der Waals surface area contributed by atoms with Gasteiger partial charge in [-0.25, -0.2) is 4.39 Å². The number of anilines is 3. The van der Waals surface area contributed by atoms with Gasteiger partial charge in [-0.15, -0.1) is 0 Å². The molecule has 0 saturated carbocycles. The molecule has 2 heterocycles. The molecule has 1 N–H and O–H groups in total. The summed E-state index contributed by atoms with van der Waals surface area (Å²) < 4.78 is 24.4. The van der Waals surface area contributed by atoms with Crippen LogP contribution in [0.2, 0.25) is 0 Å². The van der Waals surface area contributed by atoms with Gasteiger partial charge in [0.15, 0.2) is 0 Å². The van der Waals surface area contributed by atoms with Crippen molar-refractivity contribution in [3.63, 3.8) is 0 Å². The zero-order valence-corrected chi connectivity index (χ0v) is 19.3. The van der Waals surface area contributed by atoms with Crippen molar-refractivity contribution in [2.24, 2.45) is 5.92 Å². The summed E-state index contributed by atoms with van der Waals surface area (Å²) in [5, 5.41) is 3.00. The lowest BCUT2D eigenvalue weighted by molar-refractivity contribution is -0.120. The fraction of sp³-hybridized carbons (Fsp3) is 0.296. The topological polar surface area (TPSA) is 54.0 Å². The SMILES string of the molecule is COc1ccc2c(c1)N1CCN(c3ccccc3OC)C[C@H]1[C@@H](C(=O)Nc1ccc(F)cc1)C2. The van der Waals surface area contributed by atoms with E-state index in [1.807, 2.05) is 24.3 Å². The summed E-state index contributed by atoms with van der Waals surface area (Å²) in [6.45, 7) is 2.25. The van der Waals surface area contributed by atoms with Crippen LogP contribution in [0.1, 0.15) is 5.56 Å². The van der Waals surface area contributed by atoms with E-state index in [1.54, 1.807) is 26.4 Å². The first-order chi connectivity index (χ1) is 16.6. The molecule has 3 aromatic carbocycles. The molecule has 7 heteroatoms. The maximum atomic E-state index is 13.5. The molecule has 5 rings (SSSR count). The molecule has 176 valence electrons. The molecule has 2 atom stereocenters. The minimum Gasteiger partial charge on any atom is -0.497 e. The van der Waals surface area contributed by atoms with E-state index in [2.05, 4.69) is 33.3 Å². The monoisotopic (exact) mass is 461 g/mol. The number of methoxy groups -OCH3 is 2. The van der Waals surface area contributed by atoms with Crippen molar-refractivity contribution >= 4 is 23.0 Å². The third-order valence-corrected chi connectivity index (χ3v) is 6.80. The van der Waals surface area contributed by atoms with Gasteiger partial charge in [-0.3, -0.25) is 4.79 Å². The molecule has 3 aromatic rings. The normalized spacial score (nSPS) is 19.1. The molecular weight excluding hydrogens is 433 g/mol. The van der Waals surface area contributed by atoms with Crippen LogP contribution in [0.4, 0.5) is 21.5 Å². The number of hydrogen-bond donors (Lipinski definition) is 1. The van der Waals surface area contributed by atoms with E-state index in [0.717, 1.165) is 41.5 Å². The quantitative estimate of drug-likeness (QED) is 0.612. The number of nitrogens with one attached hydrogen (secondary N) is 1. The van der Waals surface area contributed by atoms with Crippen molar-refractivity contribution in [1.29, 1.82) is 0 Å². The highest BCUT2D eigenvalue weighted by atomic mass is 19.1. The molecule has 1 amide bonds. The first kappa shape index (κ1) is 22.1. The third-order valence-electron chi connectivity index (χ3n) is 6.80. The average Bonchev–Trinajstić information content (AvgIpc) is 2.88. The highest BCUT2D eigenvalue weighted by molar-refractivity contribution is 5.94. The van der Waals surface area contributed by atoms with E-state index in [-0.39, 0.29) is 23.7 Å². The second-order valence-electron chi connectivity index (χ2n) is 8.68. The van der Waals surface area contributed by atoms with Crippen LogP contribution in [0, 0.1) is 11.7 Å². The number of para-hydroxylation sites is 2. The van der Waals surface area contributed by atoms with Gasteiger partial charge in [0.1, 0.15) is 17.3 Å². The molecule has 0 unspecified atom stereocenters. The minimum absolute atomic E-state index is 0.0429. The van der Waals surface area contributed by atoms with Crippen LogP contribution in [-0.4, -0.2) is 45.8 Å². The lowest BCUT2D eigenvalue weighted by Crippen LogP contribution is -2.60. The smallest absolute Gasteiger partial charge is 0.229 e. The van der Waals surface area contributed by atoms with Gasteiger partial charge < -0.3 is 24.6 Å². The van der Waals surface area contributed by atoms with Crippen LogP contribution in [0.3, 0.4) is 0 Å². The number of hydrogen-bond acceptors (Lipinski definition) is 5. The Balaban J connectivity index is 1.48. The van der Waals surface area contributed by atoms with E-state index < -0.39 is 0 Å². The number of nitrogens with zero attached hydrogens (tertiary/aromatic N) is 2. The number of carbonyl (C=O) groups excluding carboxylic acids is 1. The molecular formula is C27H28FN3O3. The fourth-order valence-electron chi connectivity index (χ4n) is 5.08. The zero-order valence-electron chi connectivity index (χ0n) is 19.3. The summed E-state index contributed by atoms with van der Waals surface area (Å²) in [6.07, 6.45) is 0.618. The zero-order chi connectivity index (χ0) is 23.7. The van der Waals surface area contributed by atoms with Crippen LogP contribution in [0.15, 0.2) is 66.7 Å². The largest absolute Gasteiger partial charge is 0.497 e. The Morgan fingerprint density at radius 1 is 0.971 bits per heavy atom. The summed E-state index contributed by atoms with van der Waals surface area (Å²) >= 11 is 0. The number of ether oxygens (including phenoxy) is 2. The Morgan fingerprint density at radius 3 is 2.53 bits per heavy atom. The number of carbonyl (C=O) groups is 1. The summed E-state index contributed by atoms with van der Waals surface area (Å²) in [4.78, 5) is 18.1. The number of rotatable bonds is 5. The Kier molecular flexibility index (Phi) is 6.01. The van der Waals surface area contributed by atoms with Gasteiger partial charge in [-0.1, -0.05) is 18.2 Å². The Bertz CT molecular complexity index is 1180. The first-order valence-electron chi connectivity index (χ1n) is 11.5. The molecule has 0 aromatic heterocycles. The van der Waals surface area contributed by atoms with E-state index in [1.165, 1.54) is 12.1 Å². The van der Waals surface area contributed by atoms with E-state index in [4.69, 9.17) is 9.47 Å². The van der Waals surface area contributed by atoms with Crippen molar-refractivity contribution in [3.05, 3.63) is 78.1 Å². The van der Waals surface area contributed by atoms with Gasteiger partial charge in [0.05, 0.1) is 31.9 Å². The maximum Gasteiger partial charge on any atom is 0.229 e. The van der Waals surface area contributed by atoms with Crippen molar-refractivity contribution < 1.29 is 18.7 Å². The van der Waals surface area contributed by atoms with Gasteiger partial charge in [-0.05, 0) is 54.4 Å². The summed E-state index contributed by atoms with van der Waals surface area (Å²) in [7, 11) is 3.34. The molecule has 1 fully saturated rings. The standard InChI is InChI=1S/C27H28FN3O3/c1-33-21-12-7-18-15-22(27(32)29-20-10-8-19(28)9-11-20)25-17-30(13-14-31(25)24(18)16-21)23-5-3-4-6-26(23)34-2/h3-12,16,22,25H,13-15,17H2,1-2H3,(H,29,32)/t22-,25-/m0/s1. The van der Waals surface area contributed by atoms with Gasteiger partial charge in [0.25, 0.3) is 0 Å². The van der Waals surface area contributed by atoms with E-state index in [0.29, 0.717) is 18.7 Å². The number of amides is 1. The molecule has 2 aliphatic heterocycles. The molecule has 0 aliphatic carbocycles.